The molecule has 0 amide bonds. The Kier molecular flexibility index (Phi) is 2.77. The first kappa shape index (κ1) is 8.51. The van der Waals surface area contributed by atoms with Crippen molar-refractivity contribution in [1.82, 2.24) is 4.98 Å². The number of pyridine rings is 1. The topological polar surface area (TPSA) is 38.7 Å². The van der Waals surface area contributed by atoms with E-state index in [4.69, 9.17) is 4.74 Å². The molecule has 2 N–H and O–H groups in total. The number of hydrogen-bond acceptors (Lipinski definition) is 2. The lowest BCUT2D eigenvalue weighted by atomic mass is 10.1. The average molecular weight is 179 g/mol. The van der Waals surface area contributed by atoms with Crippen LogP contribution in [0, 0.1) is 0 Å². The van der Waals surface area contributed by atoms with E-state index in [9.17, 15) is 0 Å². The second kappa shape index (κ2) is 4.23. The highest BCUT2D eigenvalue weighted by Crippen LogP contribution is 2.13. The van der Waals surface area contributed by atoms with Gasteiger partial charge in [0.2, 0.25) is 0 Å². The van der Waals surface area contributed by atoms with E-state index in [-0.39, 0.29) is 0 Å². The molecular formula is C10H15N2O+. The lowest BCUT2D eigenvalue weighted by molar-refractivity contribution is -0.664. The highest BCUT2D eigenvalue weighted by Gasteiger charge is 2.16. The van der Waals surface area contributed by atoms with Gasteiger partial charge in [0.1, 0.15) is 11.9 Å². The Morgan fingerprint density at radius 2 is 1.92 bits per heavy atom. The standard InChI is InChI=1S/C10H14N2O/c1-5-11-6-2-9(1)13-10-3-7-12-8-4-10/h1-2,5-6,10,12H,3-4,7-8H2/p+1. The molecule has 0 unspecified atom stereocenters. The third-order valence-electron chi connectivity index (χ3n) is 2.34. The van der Waals surface area contributed by atoms with Crippen molar-refractivity contribution in [2.75, 3.05) is 13.1 Å². The van der Waals surface area contributed by atoms with Crippen LogP contribution in [0.2, 0.25) is 0 Å². The molecule has 0 atom stereocenters. The van der Waals surface area contributed by atoms with Crippen molar-refractivity contribution in [3.63, 3.8) is 0 Å². The molecule has 13 heavy (non-hydrogen) atoms. The van der Waals surface area contributed by atoms with Crippen molar-refractivity contribution in [2.45, 2.75) is 18.9 Å². The lowest BCUT2D eigenvalue weighted by Gasteiger charge is -2.21. The summed E-state index contributed by atoms with van der Waals surface area (Å²) >= 11 is 0. The van der Waals surface area contributed by atoms with Gasteiger partial charge >= 0.3 is 0 Å². The molecule has 0 radical (unpaired) electrons. The van der Waals surface area contributed by atoms with Crippen molar-refractivity contribution in [2.24, 2.45) is 0 Å². The van der Waals surface area contributed by atoms with Crippen molar-refractivity contribution < 1.29 is 10.1 Å². The Balaban J connectivity index is 1.90. The van der Waals surface area contributed by atoms with Crippen LogP contribution in [0.15, 0.2) is 24.5 Å². The molecule has 2 heterocycles. The molecule has 1 aromatic rings. The Labute approximate surface area is 78.1 Å². The van der Waals surface area contributed by atoms with Crippen LogP contribution in [0.25, 0.3) is 0 Å². The van der Waals surface area contributed by atoms with Gasteiger partial charge in [0.25, 0.3) is 0 Å². The van der Waals surface area contributed by atoms with Gasteiger partial charge in [-0.15, -0.1) is 0 Å². The van der Waals surface area contributed by atoms with E-state index in [1.807, 2.05) is 12.1 Å². The van der Waals surface area contributed by atoms with Crippen molar-refractivity contribution in [3.8, 4) is 5.75 Å². The predicted molar refractivity (Wildman–Crippen MR) is 49.5 cm³/mol. The molecule has 0 aliphatic carbocycles. The Hall–Kier alpha value is -1.09. The zero-order valence-corrected chi connectivity index (χ0v) is 7.65. The highest BCUT2D eigenvalue weighted by atomic mass is 16.5. The number of aromatic nitrogens is 1. The van der Waals surface area contributed by atoms with Gasteiger partial charge in [-0.1, -0.05) is 0 Å². The van der Waals surface area contributed by atoms with Crippen LogP contribution in [0.1, 0.15) is 12.8 Å². The summed E-state index contributed by atoms with van der Waals surface area (Å²) in [6, 6.07) is 3.83. The summed E-state index contributed by atoms with van der Waals surface area (Å²) in [7, 11) is 0. The smallest absolute Gasteiger partial charge is 0.122 e. The van der Waals surface area contributed by atoms with Gasteiger partial charge in [-0.05, 0) is 12.1 Å². The Bertz CT molecular complexity index is 244. The number of rotatable bonds is 2. The summed E-state index contributed by atoms with van der Waals surface area (Å²) in [5.74, 6) is 0.946. The number of quaternary nitrogens is 1. The SMILES string of the molecule is c1cc(OC2CC[NH2+]CC2)ccn1. The van der Waals surface area contributed by atoms with E-state index in [0.717, 1.165) is 18.6 Å². The number of nitrogens with two attached hydrogens (primary N) is 1. The molecule has 2 rings (SSSR count). The van der Waals surface area contributed by atoms with E-state index in [0.29, 0.717) is 6.10 Å². The fourth-order valence-corrected chi connectivity index (χ4v) is 1.62. The largest absolute Gasteiger partial charge is 0.490 e. The van der Waals surface area contributed by atoms with Gasteiger partial charge in [-0.25, -0.2) is 0 Å². The van der Waals surface area contributed by atoms with E-state index in [1.54, 1.807) is 12.4 Å². The normalized spacial score (nSPS) is 18.5. The van der Waals surface area contributed by atoms with Crippen LogP contribution in [0.5, 0.6) is 5.75 Å². The summed E-state index contributed by atoms with van der Waals surface area (Å²) in [6.07, 6.45) is 6.26. The number of hydrogen-bond donors (Lipinski definition) is 1. The van der Waals surface area contributed by atoms with E-state index in [2.05, 4.69) is 10.3 Å². The van der Waals surface area contributed by atoms with Gasteiger partial charge < -0.3 is 10.1 Å². The van der Waals surface area contributed by atoms with Gasteiger partial charge in [0, 0.05) is 25.2 Å². The average Bonchev–Trinajstić information content (AvgIpc) is 2.21. The van der Waals surface area contributed by atoms with Crippen LogP contribution in [0.4, 0.5) is 0 Å². The summed E-state index contributed by atoms with van der Waals surface area (Å²) in [5.41, 5.74) is 0. The first-order chi connectivity index (χ1) is 6.45. The van der Waals surface area contributed by atoms with Crippen molar-refractivity contribution in [1.29, 1.82) is 0 Å². The van der Waals surface area contributed by atoms with E-state index < -0.39 is 0 Å². The number of ether oxygens (including phenoxy) is 1. The van der Waals surface area contributed by atoms with E-state index in [1.165, 1.54) is 13.1 Å². The molecule has 1 aliphatic heterocycles. The molecule has 1 aromatic heterocycles. The zero-order chi connectivity index (χ0) is 8.93. The molecule has 0 saturated carbocycles. The minimum absolute atomic E-state index is 0.410. The summed E-state index contributed by atoms with van der Waals surface area (Å²) < 4.78 is 5.80. The van der Waals surface area contributed by atoms with Crippen LogP contribution < -0.4 is 10.1 Å². The minimum Gasteiger partial charge on any atom is -0.490 e. The molecule has 3 heteroatoms. The maximum absolute atomic E-state index is 5.80. The fourth-order valence-electron chi connectivity index (χ4n) is 1.62. The maximum Gasteiger partial charge on any atom is 0.122 e. The van der Waals surface area contributed by atoms with Gasteiger partial charge in [0.05, 0.1) is 13.1 Å². The Morgan fingerprint density at radius 1 is 1.23 bits per heavy atom. The first-order valence-corrected chi connectivity index (χ1v) is 4.83. The molecule has 0 bridgehead atoms. The fraction of sp³-hybridized carbons (Fsp3) is 0.500. The Morgan fingerprint density at radius 3 is 2.62 bits per heavy atom. The third kappa shape index (κ3) is 2.42. The quantitative estimate of drug-likeness (QED) is 0.703. The number of piperidine rings is 1. The summed E-state index contributed by atoms with van der Waals surface area (Å²) in [5, 5.41) is 2.34. The minimum atomic E-state index is 0.410. The molecule has 1 saturated heterocycles. The molecule has 70 valence electrons. The summed E-state index contributed by atoms with van der Waals surface area (Å²) in [6.45, 7) is 2.38. The van der Waals surface area contributed by atoms with Crippen molar-refractivity contribution in [3.05, 3.63) is 24.5 Å². The predicted octanol–water partition coefficient (Wildman–Crippen LogP) is 0.186. The molecular weight excluding hydrogens is 164 g/mol. The zero-order valence-electron chi connectivity index (χ0n) is 7.65. The maximum atomic E-state index is 5.80. The second-order valence-corrected chi connectivity index (χ2v) is 3.37. The van der Waals surface area contributed by atoms with Crippen LogP contribution >= 0.6 is 0 Å². The van der Waals surface area contributed by atoms with E-state index >= 15 is 0 Å². The van der Waals surface area contributed by atoms with Crippen LogP contribution in [0.3, 0.4) is 0 Å². The lowest BCUT2D eigenvalue weighted by Crippen LogP contribution is -2.86. The first-order valence-electron chi connectivity index (χ1n) is 4.83. The van der Waals surface area contributed by atoms with Gasteiger partial charge in [0.15, 0.2) is 0 Å². The molecule has 0 spiro atoms. The van der Waals surface area contributed by atoms with Crippen LogP contribution in [-0.4, -0.2) is 24.2 Å². The molecule has 0 aromatic carbocycles. The van der Waals surface area contributed by atoms with Gasteiger partial charge in [-0.2, -0.15) is 0 Å². The second-order valence-electron chi connectivity index (χ2n) is 3.37. The molecule has 1 fully saturated rings. The summed E-state index contributed by atoms with van der Waals surface area (Å²) in [4.78, 5) is 3.95. The van der Waals surface area contributed by atoms with Gasteiger partial charge in [-0.3, -0.25) is 4.98 Å². The molecule has 1 aliphatic rings. The third-order valence-corrected chi connectivity index (χ3v) is 2.34. The monoisotopic (exact) mass is 179 g/mol. The number of nitrogens with zero attached hydrogens (tertiary/aromatic N) is 1. The highest BCUT2D eigenvalue weighted by molar-refractivity contribution is 5.17. The molecule has 3 nitrogen and oxygen atoms in total. The van der Waals surface area contributed by atoms with Crippen LogP contribution in [-0.2, 0) is 0 Å². The van der Waals surface area contributed by atoms with Crippen molar-refractivity contribution >= 4 is 0 Å².